The highest BCUT2D eigenvalue weighted by molar-refractivity contribution is 7.89. The van der Waals surface area contributed by atoms with Gasteiger partial charge in [-0.1, -0.05) is 23.7 Å². The van der Waals surface area contributed by atoms with Crippen molar-refractivity contribution >= 4 is 27.4 Å². The standard InChI is InChI=1S/C22H22ClFN4O2S/c1-15-16(2)25-21(17-4-3-5-19(24)14-17)26-22(15)27-10-12-28(13-11-27)31(29,30)20-8-6-18(23)7-9-20/h3-9,14H,10-13H2,1-2H3. The van der Waals surface area contributed by atoms with Crippen molar-refractivity contribution in [3.63, 3.8) is 0 Å². The van der Waals surface area contributed by atoms with Crippen LogP contribution in [0.15, 0.2) is 53.4 Å². The molecule has 1 saturated heterocycles. The topological polar surface area (TPSA) is 66.4 Å². The molecule has 1 aliphatic rings. The zero-order valence-corrected chi connectivity index (χ0v) is 18.8. The number of halogens is 2. The lowest BCUT2D eigenvalue weighted by molar-refractivity contribution is 0.383. The molecule has 0 unspecified atom stereocenters. The van der Waals surface area contributed by atoms with Crippen molar-refractivity contribution < 1.29 is 12.8 Å². The van der Waals surface area contributed by atoms with Gasteiger partial charge in [0.15, 0.2) is 5.82 Å². The van der Waals surface area contributed by atoms with Crippen LogP contribution in [0.3, 0.4) is 0 Å². The predicted molar refractivity (Wildman–Crippen MR) is 119 cm³/mol. The maximum atomic E-state index is 13.7. The molecule has 2 heterocycles. The van der Waals surface area contributed by atoms with Crippen molar-refractivity contribution in [2.75, 3.05) is 31.1 Å². The van der Waals surface area contributed by atoms with Crippen molar-refractivity contribution in [1.29, 1.82) is 0 Å². The first kappa shape index (κ1) is 21.7. The van der Waals surface area contributed by atoms with Gasteiger partial charge < -0.3 is 4.90 Å². The number of hydrogen-bond donors (Lipinski definition) is 0. The number of nitrogens with zero attached hydrogens (tertiary/aromatic N) is 4. The molecule has 162 valence electrons. The molecule has 3 aromatic rings. The maximum Gasteiger partial charge on any atom is 0.243 e. The van der Waals surface area contributed by atoms with Crippen LogP contribution in [-0.4, -0.2) is 48.9 Å². The van der Waals surface area contributed by atoms with Gasteiger partial charge in [-0.25, -0.2) is 22.8 Å². The van der Waals surface area contributed by atoms with E-state index in [1.54, 1.807) is 24.3 Å². The van der Waals surface area contributed by atoms with Gasteiger partial charge in [-0.3, -0.25) is 0 Å². The third-order valence-electron chi connectivity index (χ3n) is 5.44. The number of aromatic nitrogens is 2. The quantitative estimate of drug-likeness (QED) is 0.587. The van der Waals surface area contributed by atoms with E-state index in [1.807, 2.05) is 13.8 Å². The van der Waals surface area contributed by atoms with Gasteiger partial charge in [-0.15, -0.1) is 0 Å². The number of piperazine rings is 1. The Bertz CT molecular complexity index is 1210. The lowest BCUT2D eigenvalue weighted by Crippen LogP contribution is -2.49. The Morgan fingerprint density at radius 1 is 0.968 bits per heavy atom. The van der Waals surface area contributed by atoms with E-state index in [0.29, 0.717) is 42.6 Å². The molecule has 0 N–H and O–H groups in total. The first-order valence-corrected chi connectivity index (χ1v) is 11.7. The van der Waals surface area contributed by atoms with Crippen LogP contribution in [0.2, 0.25) is 5.02 Å². The van der Waals surface area contributed by atoms with Crippen LogP contribution in [-0.2, 0) is 10.0 Å². The summed E-state index contributed by atoms with van der Waals surface area (Å²) in [5.74, 6) is 0.853. The molecule has 0 saturated carbocycles. The number of anilines is 1. The van der Waals surface area contributed by atoms with Gasteiger partial charge in [-0.2, -0.15) is 4.31 Å². The Labute approximate surface area is 186 Å². The van der Waals surface area contributed by atoms with Crippen LogP contribution in [0.4, 0.5) is 10.2 Å². The van der Waals surface area contributed by atoms with Gasteiger partial charge in [-0.05, 0) is 50.2 Å². The fraction of sp³-hybridized carbons (Fsp3) is 0.273. The predicted octanol–water partition coefficient (Wildman–Crippen LogP) is 4.06. The van der Waals surface area contributed by atoms with Crippen LogP contribution in [0.1, 0.15) is 11.3 Å². The van der Waals surface area contributed by atoms with E-state index in [1.165, 1.54) is 28.6 Å². The summed E-state index contributed by atoms with van der Waals surface area (Å²) in [6.45, 7) is 5.49. The molecule has 0 radical (unpaired) electrons. The lowest BCUT2D eigenvalue weighted by atomic mass is 10.1. The van der Waals surface area contributed by atoms with Gasteiger partial charge in [0.1, 0.15) is 11.6 Å². The van der Waals surface area contributed by atoms with Crippen LogP contribution in [0, 0.1) is 19.7 Å². The first-order chi connectivity index (χ1) is 14.8. The molecule has 0 atom stereocenters. The molecular formula is C22H22ClFN4O2S. The van der Waals surface area contributed by atoms with E-state index in [2.05, 4.69) is 14.9 Å². The summed E-state index contributed by atoms with van der Waals surface area (Å²) in [5, 5.41) is 0.493. The number of aryl methyl sites for hydroxylation is 1. The molecule has 1 aliphatic heterocycles. The molecule has 0 spiro atoms. The minimum atomic E-state index is -3.59. The van der Waals surface area contributed by atoms with Gasteiger partial charge in [0.25, 0.3) is 0 Å². The number of rotatable bonds is 4. The van der Waals surface area contributed by atoms with Gasteiger partial charge >= 0.3 is 0 Å². The fourth-order valence-corrected chi connectivity index (χ4v) is 5.12. The van der Waals surface area contributed by atoms with E-state index in [0.717, 1.165) is 17.1 Å². The van der Waals surface area contributed by atoms with Gasteiger partial charge in [0.05, 0.1) is 4.90 Å². The lowest BCUT2D eigenvalue weighted by Gasteiger charge is -2.35. The van der Waals surface area contributed by atoms with Crippen LogP contribution < -0.4 is 4.90 Å². The minimum absolute atomic E-state index is 0.229. The molecule has 1 aromatic heterocycles. The van der Waals surface area contributed by atoms with E-state index in [9.17, 15) is 12.8 Å². The Morgan fingerprint density at radius 2 is 1.65 bits per heavy atom. The summed E-state index contributed by atoms with van der Waals surface area (Å²) >= 11 is 5.88. The zero-order chi connectivity index (χ0) is 22.2. The third-order valence-corrected chi connectivity index (χ3v) is 7.60. The first-order valence-electron chi connectivity index (χ1n) is 9.87. The van der Waals surface area contributed by atoms with Crippen LogP contribution in [0.25, 0.3) is 11.4 Å². The second-order valence-corrected chi connectivity index (χ2v) is 9.81. The SMILES string of the molecule is Cc1nc(-c2cccc(F)c2)nc(N2CCN(S(=O)(=O)c3ccc(Cl)cc3)CC2)c1C. The molecule has 0 bridgehead atoms. The average Bonchev–Trinajstić information content (AvgIpc) is 2.76. The molecule has 6 nitrogen and oxygen atoms in total. The van der Waals surface area contributed by atoms with Crippen molar-refractivity contribution in [1.82, 2.24) is 14.3 Å². The second kappa shape index (κ2) is 8.53. The smallest absolute Gasteiger partial charge is 0.243 e. The summed E-state index contributed by atoms with van der Waals surface area (Å²) in [7, 11) is -3.59. The Morgan fingerprint density at radius 3 is 2.29 bits per heavy atom. The number of hydrogen-bond acceptors (Lipinski definition) is 5. The summed E-state index contributed by atoms with van der Waals surface area (Å²) < 4.78 is 41.0. The van der Waals surface area contributed by atoms with E-state index >= 15 is 0 Å². The summed E-state index contributed by atoms with van der Waals surface area (Å²) in [5.41, 5.74) is 2.34. The van der Waals surface area contributed by atoms with E-state index in [-0.39, 0.29) is 10.7 Å². The number of sulfonamides is 1. The highest BCUT2D eigenvalue weighted by Crippen LogP contribution is 2.27. The summed E-state index contributed by atoms with van der Waals surface area (Å²) in [6.07, 6.45) is 0. The Balaban J connectivity index is 1.57. The van der Waals surface area contributed by atoms with Crippen LogP contribution in [0.5, 0.6) is 0 Å². The molecule has 0 aliphatic carbocycles. The molecule has 0 amide bonds. The zero-order valence-electron chi connectivity index (χ0n) is 17.2. The van der Waals surface area contributed by atoms with Gasteiger partial charge in [0, 0.05) is 48.0 Å². The normalized spacial score (nSPS) is 15.3. The minimum Gasteiger partial charge on any atom is -0.354 e. The van der Waals surface area contributed by atoms with Crippen molar-refractivity contribution in [2.45, 2.75) is 18.7 Å². The fourth-order valence-electron chi connectivity index (χ4n) is 3.57. The third kappa shape index (κ3) is 4.42. The number of benzene rings is 2. The molecule has 2 aromatic carbocycles. The summed E-state index contributed by atoms with van der Waals surface area (Å²) in [6, 6.07) is 12.4. The highest BCUT2D eigenvalue weighted by Gasteiger charge is 2.29. The van der Waals surface area contributed by atoms with Gasteiger partial charge in [0.2, 0.25) is 10.0 Å². The van der Waals surface area contributed by atoms with Crippen molar-refractivity contribution in [2.24, 2.45) is 0 Å². The largest absolute Gasteiger partial charge is 0.354 e. The van der Waals surface area contributed by atoms with Crippen LogP contribution >= 0.6 is 11.6 Å². The van der Waals surface area contributed by atoms with E-state index < -0.39 is 10.0 Å². The summed E-state index contributed by atoms with van der Waals surface area (Å²) in [4.78, 5) is 11.5. The van der Waals surface area contributed by atoms with E-state index in [4.69, 9.17) is 11.6 Å². The Kier molecular flexibility index (Phi) is 5.96. The average molecular weight is 461 g/mol. The monoisotopic (exact) mass is 460 g/mol. The molecule has 1 fully saturated rings. The molecule has 4 rings (SSSR count). The van der Waals surface area contributed by atoms with Crippen molar-refractivity contribution in [3.8, 4) is 11.4 Å². The second-order valence-electron chi connectivity index (χ2n) is 7.44. The molecule has 31 heavy (non-hydrogen) atoms. The highest BCUT2D eigenvalue weighted by atomic mass is 35.5. The van der Waals surface area contributed by atoms with Crippen molar-refractivity contribution in [3.05, 3.63) is 70.6 Å². The maximum absolute atomic E-state index is 13.7. The Hall–Kier alpha value is -2.55. The molecule has 9 heteroatoms. The molecular weight excluding hydrogens is 439 g/mol.